The summed E-state index contributed by atoms with van der Waals surface area (Å²) in [6.45, 7) is 8.77. The van der Waals surface area contributed by atoms with Crippen molar-refractivity contribution in [1.82, 2.24) is 24.8 Å². The third-order valence-electron chi connectivity index (χ3n) is 4.56. The summed E-state index contributed by atoms with van der Waals surface area (Å²) in [6.07, 6.45) is 0. The molecule has 0 bridgehead atoms. The van der Waals surface area contributed by atoms with Gasteiger partial charge in [0, 0.05) is 39.3 Å². The molecule has 0 unspecified atom stereocenters. The lowest BCUT2D eigenvalue weighted by molar-refractivity contribution is -0.133. The van der Waals surface area contributed by atoms with Crippen molar-refractivity contribution >= 4 is 17.2 Å². The van der Waals surface area contributed by atoms with Crippen LogP contribution in [0, 0.1) is 0 Å². The quantitative estimate of drug-likeness (QED) is 0.779. The van der Waals surface area contributed by atoms with E-state index in [0.717, 1.165) is 31.1 Å². The lowest BCUT2D eigenvalue weighted by Crippen LogP contribution is -2.50. The van der Waals surface area contributed by atoms with E-state index in [1.165, 1.54) is 0 Å². The summed E-state index contributed by atoms with van der Waals surface area (Å²) >= 11 is 1.60. The van der Waals surface area contributed by atoms with E-state index in [1.807, 2.05) is 38.4 Å². The molecule has 1 aliphatic rings. The normalized spacial score (nSPS) is 16.5. The van der Waals surface area contributed by atoms with Crippen LogP contribution in [0.4, 0.5) is 0 Å². The van der Waals surface area contributed by atoms with Crippen LogP contribution in [-0.2, 0) is 11.3 Å². The van der Waals surface area contributed by atoms with Gasteiger partial charge in [-0.3, -0.25) is 14.6 Å². The van der Waals surface area contributed by atoms with E-state index < -0.39 is 0 Å². The molecule has 3 rings (SSSR count). The number of amides is 1. The molecule has 0 N–H and O–H groups in total. The summed E-state index contributed by atoms with van der Waals surface area (Å²) < 4.78 is 5.37. The highest BCUT2D eigenvalue weighted by atomic mass is 32.1. The second-order valence-electron chi connectivity index (χ2n) is 6.64. The predicted molar refractivity (Wildman–Crippen MR) is 97.2 cm³/mol. The maximum absolute atomic E-state index is 12.2. The molecule has 1 fully saturated rings. The van der Waals surface area contributed by atoms with Gasteiger partial charge in [-0.15, -0.1) is 11.3 Å². The minimum Gasteiger partial charge on any atom is -0.342 e. The molecule has 3 heterocycles. The van der Waals surface area contributed by atoms with Gasteiger partial charge in [-0.05, 0) is 25.3 Å². The topological polar surface area (TPSA) is 65.7 Å². The molecule has 0 radical (unpaired) electrons. The number of hydrogen-bond donors (Lipinski definition) is 0. The Morgan fingerprint density at radius 2 is 2.04 bits per heavy atom. The van der Waals surface area contributed by atoms with Crippen LogP contribution >= 0.6 is 11.3 Å². The Labute approximate surface area is 152 Å². The van der Waals surface area contributed by atoms with Gasteiger partial charge in [0.1, 0.15) is 0 Å². The van der Waals surface area contributed by atoms with Crippen LogP contribution in [-0.4, -0.2) is 76.6 Å². The van der Waals surface area contributed by atoms with E-state index in [1.54, 1.807) is 16.2 Å². The minimum atomic E-state index is 0.181. The molecule has 0 aromatic carbocycles. The molecule has 1 saturated heterocycles. The maximum atomic E-state index is 12.2. The molecule has 8 heteroatoms. The number of rotatable bonds is 6. The van der Waals surface area contributed by atoms with Crippen molar-refractivity contribution in [3.63, 3.8) is 0 Å². The zero-order valence-corrected chi connectivity index (χ0v) is 15.8. The first kappa shape index (κ1) is 18.0. The fourth-order valence-electron chi connectivity index (χ4n) is 2.71. The van der Waals surface area contributed by atoms with Crippen molar-refractivity contribution in [1.29, 1.82) is 0 Å². The van der Waals surface area contributed by atoms with Crippen molar-refractivity contribution in [3.05, 3.63) is 23.4 Å². The Morgan fingerprint density at radius 1 is 1.32 bits per heavy atom. The van der Waals surface area contributed by atoms with Crippen LogP contribution in [0.15, 0.2) is 22.0 Å². The summed E-state index contributed by atoms with van der Waals surface area (Å²) in [6, 6.07) is 4.21. The second kappa shape index (κ2) is 8.07. The number of carbonyl (C=O) groups is 1. The number of likely N-dealkylation sites (N-methyl/N-ethyl adjacent to an activating group) is 1. The predicted octanol–water partition coefficient (Wildman–Crippen LogP) is 1.78. The fourth-order valence-corrected chi connectivity index (χ4v) is 3.36. The molecule has 0 saturated carbocycles. The average molecular weight is 363 g/mol. The van der Waals surface area contributed by atoms with Crippen molar-refractivity contribution in [2.45, 2.75) is 26.4 Å². The van der Waals surface area contributed by atoms with Gasteiger partial charge in [-0.1, -0.05) is 11.2 Å². The first-order valence-corrected chi connectivity index (χ1v) is 9.47. The first-order chi connectivity index (χ1) is 12.0. The second-order valence-corrected chi connectivity index (χ2v) is 7.59. The molecule has 7 nitrogen and oxygen atoms in total. The van der Waals surface area contributed by atoms with E-state index in [4.69, 9.17) is 4.52 Å². The highest BCUT2D eigenvalue weighted by Gasteiger charge is 2.22. The van der Waals surface area contributed by atoms with Crippen LogP contribution < -0.4 is 0 Å². The number of nitrogens with zero attached hydrogens (tertiary/aromatic N) is 5. The number of hydrogen-bond acceptors (Lipinski definition) is 7. The van der Waals surface area contributed by atoms with Crippen LogP contribution in [0.5, 0.6) is 0 Å². The summed E-state index contributed by atoms with van der Waals surface area (Å²) in [5.41, 5.74) is 0. The highest BCUT2D eigenvalue weighted by molar-refractivity contribution is 7.13. The third kappa shape index (κ3) is 4.65. The van der Waals surface area contributed by atoms with E-state index in [0.29, 0.717) is 24.8 Å². The monoisotopic (exact) mass is 363 g/mol. The number of carbonyl (C=O) groups excluding carboxylic acids is 1. The Bertz CT molecular complexity index is 677. The number of thiophene rings is 1. The Hall–Kier alpha value is -1.77. The molecule has 2 aromatic rings. The van der Waals surface area contributed by atoms with Crippen molar-refractivity contribution in [2.75, 3.05) is 39.8 Å². The van der Waals surface area contributed by atoms with Gasteiger partial charge >= 0.3 is 0 Å². The maximum Gasteiger partial charge on any atom is 0.241 e. The molecule has 0 atom stereocenters. The van der Waals surface area contributed by atoms with E-state index in [9.17, 15) is 4.79 Å². The van der Waals surface area contributed by atoms with Crippen LogP contribution in [0.1, 0.15) is 19.7 Å². The largest absolute Gasteiger partial charge is 0.342 e. The number of aromatic nitrogens is 2. The van der Waals surface area contributed by atoms with Gasteiger partial charge < -0.3 is 9.42 Å². The lowest BCUT2D eigenvalue weighted by atomic mass is 10.3. The zero-order chi connectivity index (χ0) is 17.8. The number of piperazine rings is 1. The van der Waals surface area contributed by atoms with Gasteiger partial charge in [0.25, 0.3) is 0 Å². The Balaban J connectivity index is 1.46. The lowest BCUT2D eigenvalue weighted by Gasteiger charge is -2.34. The molecule has 0 spiro atoms. The molecule has 1 aliphatic heterocycles. The van der Waals surface area contributed by atoms with E-state index >= 15 is 0 Å². The zero-order valence-electron chi connectivity index (χ0n) is 15.0. The minimum absolute atomic E-state index is 0.181. The fraction of sp³-hybridized carbons (Fsp3) is 0.588. The smallest absolute Gasteiger partial charge is 0.241 e. The molecule has 136 valence electrons. The summed E-state index contributed by atoms with van der Waals surface area (Å²) in [5.74, 6) is 1.49. The summed E-state index contributed by atoms with van der Waals surface area (Å²) in [5, 5.41) is 6.05. The molecule has 25 heavy (non-hydrogen) atoms. The van der Waals surface area contributed by atoms with Crippen molar-refractivity contribution in [2.24, 2.45) is 0 Å². The van der Waals surface area contributed by atoms with Gasteiger partial charge in [-0.25, -0.2) is 0 Å². The van der Waals surface area contributed by atoms with Crippen molar-refractivity contribution < 1.29 is 9.32 Å². The Kier molecular flexibility index (Phi) is 5.82. The summed E-state index contributed by atoms with van der Waals surface area (Å²) in [4.78, 5) is 24.0. The van der Waals surface area contributed by atoms with Crippen LogP contribution in [0.2, 0.25) is 0 Å². The molecule has 1 amide bonds. The summed E-state index contributed by atoms with van der Waals surface area (Å²) in [7, 11) is 1.87. The van der Waals surface area contributed by atoms with Gasteiger partial charge in [-0.2, -0.15) is 4.98 Å². The van der Waals surface area contributed by atoms with Crippen molar-refractivity contribution in [3.8, 4) is 10.7 Å². The van der Waals surface area contributed by atoms with E-state index in [-0.39, 0.29) is 11.9 Å². The standard InChI is InChI=1S/C17H25N5O2S/c1-13(2)20(3)16(23)12-22-8-6-21(7-9-22)11-15-18-17(19-24-15)14-5-4-10-25-14/h4-5,10,13H,6-9,11-12H2,1-3H3. The van der Waals surface area contributed by atoms with Crippen LogP contribution in [0.3, 0.4) is 0 Å². The molecular formula is C17H25N5O2S. The average Bonchev–Trinajstić information content (AvgIpc) is 3.27. The first-order valence-electron chi connectivity index (χ1n) is 8.60. The molecule has 0 aliphatic carbocycles. The highest BCUT2D eigenvalue weighted by Crippen LogP contribution is 2.21. The van der Waals surface area contributed by atoms with Gasteiger partial charge in [0.2, 0.25) is 17.6 Å². The van der Waals surface area contributed by atoms with Gasteiger partial charge in [0.05, 0.1) is 18.0 Å². The molecule has 2 aromatic heterocycles. The SMILES string of the molecule is CC(C)N(C)C(=O)CN1CCN(Cc2nc(-c3cccs3)no2)CC1. The van der Waals surface area contributed by atoms with Crippen LogP contribution in [0.25, 0.3) is 10.7 Å². The van der Waals surface area contributed by atoms with E-state index in [2.05, 4.69) is 19.9 Å². The molecular weight excluding hydrogens is 338 g/mol. The van der Waals surface area contributed by atoms with Gasteiger partial charge in [0.15, 0.2) is 0 Å². The third-order valence-corrected chi connectivity index (χ3v) is 5.43. The Morgan fingerprint density at radius 3 is 2.68 bits per heavy atom.